The summed E-state index contributed by atoms with van der Waals surface area (Å²) in [6.07, 6.45) is 4.23. The molecule has 3 N–H and O–H groups in total. The molecule has 1 aliphatic rings. The van der Waals surface area contributed by atoms with Crippen molar-refractivity contribution in [3.05, 3.63) is 0 Å². The molecule has 0 radical (unpaired) electrons. The van der Waals surface area contributed by atoms with Crippen molar-refractivity contribution in [2.24, 2.45) is 5.73 Å². The zero-order valence-corrected chi connectivity index (χ0v) is 8.95. The van der Waals surface area contributed by atoms with Crippen LogP contribution in [0.25, 0.3) is 0 Å². The Hall–Kier alpha value is -0.610. The first-order valence-electron chi connectivity index (χ1n) is 5.25. The zero-order valence-electron chi connectivity index (χ0n) is 8.95. The smallest absolute Gasteiger partial charge is 0.234 e. The van der Waals surface area contributed by atoms with Gasteiger partial charge in [0.1, 0.15) is 0 Å². The highest BCUT2D eigenvalue weighted by Gasteiger charge is 2.27. The highest BCUT2D eigenvalue weighted by atomic mass is 16.5. The Morgan fingerprint density at radius 3 is 2.79 bits per heavy atom. The Balaban J connectivity index is 2.33. The Morgan fingerprint density at radius 2 is 2.36 bits per heavy atom. The summed E-state index contributed by atoms with van der Waals surface area (Å²) in [7, 11) is 1.73. The summed E-state index contributed by atoms with van der Waals surface area (Å²) in [5.74, 6) is -0.256. The maximum absolute atomic E-state index is 11.0. The molecule has 0 spiro atoms. The van der Waals surface area contributed by atoms with Gasteiger partial charge in [0.25, 0.3) is 0 Å². The maximum Gasteiger partial charge on any atom is 0.234 e. The van der Waals surface area contributed by atoms with Crippen LogP contribution in [0, 0.1) is 0 Å². The van der Waals surface area contributed by atoms with Crippen LogP contribution in [-0.2, 0) is 9.53 Å². The lowest BCUT2D eigenvalue weighted by molar-refractivity contribution is -0.120. The minimum absolute atomic E-state index is 0.185. The molecule has 82 valence electrons. The number of carbonyl (C=O) groups excluding carboxylic acids is 1. The maximum atomic E-state index is 11.0. The molecule has 0 aliphatic heterocycles. The summed E-state index contributed by atoms with van der Waals surface area (Å²) in [4.78, 5) is 11.0. The van der Waals surface area contributed by atoms with Crippen LogP contribution in [0.4, 0.5) is 0 Å². The molecule has 0 heterocycles. The van der Waals surface area contributed by atoms with Crippen molar-refractivity contribution >= 4 is 5.91 Å². The van der Waals surface area contributed by atoms with Gasteiger partial charge in [0.05, 0.1) is 12.1 Å². The number of amides is 1. The summed E-state index contributed by atoms with van der Waals surface area (Å²) in [6, 6.07) is 0.202. The van der Waals surface area contributed by atoms with Gasteiger partial charge in [0.2, 0.25) is 5.91 Å². The highest BCUT2D eigenvalue weighted by Crippen LogP contribution is 2.21. The normalized spacial score (nSPS) is 29.0. The molecule has 4 nitrogen and oxygen atoms in total. The second-order valence-electron chi connectivity index (χ2n) is 3.90. The molecule has 14 heavy (non-hydrogen) atoms. The van der Waals surface area contributed by atoms with Crippen LogP contribution in [0.5, 0.6) is 0 Å². The van der Waals surface area contributed by atoms with Crippen molar-refractivity contribution in [2.75, 3.05) is 7.11 Å². The van der Waals surface area contributed by atoms with Gasteiger partial charge in [-0.1, -0.05) is 6.92 Å². The summed E-state index contributed by atoms with van der Waals surface area (Å²) in [5, 5.41) is 3.27. The molecule has 1 fully saturated rings. The van der Waals surface area contributed by atoms with Crippen molar-refractivity contribution < 1.29 is 9.53 Å². The number of nitrogens with two attached hydrogens (primary N) is 1. The Labute approximate surface area is 85.2 Å². The van der Waals surface area contributed by atoms with E-state index in [1.807, 2.05) is 6.92 Å². The zero-order chi connectivity index (χ0) is 10.6. The van der Waals surface area contributed by atoms with Gasteiger partial charge < -0.3 is 15.8 Å². The Morgan fingerprint density at radius 1 is 1.64 bits per heavy atom. The van der Waals surface area contributed by atoms with Crippen LogP contribution in [0.3, 0.4) is 0 Å². The molecule has 0 aromatic rings. The molecule has 4 heteroatoms. The van der Waals surface area contributed by atoms with E-state index in [1.54, 1.807) is 7.11 Å². The van der Waals surface area contributed by atoms with E-state index < -0.39 is 0 Å². The third kappa shape index (κ3) is 2.96. The first-order chi connectivity index (χ1) is 6.67. The first-order valence-corrected chi connectivity index (χ1v) is 5.25. The number of nitrogens with one attached hydrogen (secondary N) is 1. The van der Waals surface area contributed by atoms with E-state index in [0.717, 1.165) is 25.7 Å². The fourth-order valence-electron chi connectivity index (χ4n) is 1.99. The van der Waals surface area contributed by atoms with Gasteiger partial charge >= 0.3 is 0 Å². The number of hydrogen-bond donors (Lipinski definition) is 2. The number of ether oxygens (including phenoxy) is 1. The van der Waals surface area contributed by atoms with Crippen molar-refractivity contribution in [3.63, 3.8) is 0 Å². The summed E-state index contributed by atoms with van der Waals surface area (Å²) >= 11 is 0. The largest absolute Gasteiger partial charge is 0.381 e. The fraction of sp³-hybridized carbons (Fsp3) is 0.900. The van der Waals surface area contributed by atoms with E-state index in [4.69, 9.17) is 10.5 Å². The van der Waals surface area contributed by atoms with Crippen LogP contribution in [-0.4, -0.2) is 31.2 Å². The quantitative estimate of drug-likeness (QED) is 0.675. The van der Waals surface area contributed by atoms with Gasteiger partial charge in [-0.05, 0) is 25.7 Å². The molecule has 0 bridgehead atoms. The van der Waals surface area contributed by atoms with Gasteiger partial charge in [-0.15, -0.1) is 0 Å². The van der Waals surface area contributed by atoms with Gasteiger partial charge in [0.15, 0.2) is 0 Å². The average molecular weight is 200 g/mol. The minimum Gasteiger partial charge on any atom is -0.381 e. The topological polar surface area (TPSA) is 64.3 Å². The third-order valence-electron chi connectivity index (χ3n) is 2.91. The van der Waals surface area contributed by atoms with Crippen LogP contribution in [0.2, 0.25) is 0 Å². The summed E-state index contributed by atoms with van der Waals surface area (Å²) in [5.41, 5.74) is 5.26. The van der Waals surface area contributed by atoms with Gasteiger partial charge in [-0.25, -0.2) is 0 Å². The number of hydrogen-bond acceptors (Lipinski definition) is 3. The fourth-order valence-corrected chi connectivity index (χ4v) is 1.99. The van der Waals surface area contributed by atoms with E-state index in [2.05, 4.69) is 5.32 Å². The third-order valence-corrected chi connectivity index (χ3v) is 2.91. The second kappa shape index (κ2) is 5.32. The Kier molecular flexibility index (Phi) is 4.35. The van der Waals surface area contributed by atoms with Crippen molar-refractivity contribution in [1.29, 1.82) is 0 Å². The summed E-state index contributed by atoms with van der Waals surface area (Å²) in [6.45, 7) is 1.96. The van der Waals surface area contributed by atoms with E-state index in [0.29, 0.717) is 12.1 Å². The standard InChI is InChI=1S/C10H20N2O2/c1-3-9(10(11)13)12-7-4-5-8(6-7)14-2/h7-9,12H,3-6H2,1-2H3,(H2,11,13). The molecule has 0 aromatic carbocycles. The van der Waals surface area contributed by atoms with Crippen LogP contribution >= 0.6 is 0 Å². The lowest BCUT2D eigenvalue weighted by Gasteiger charge is -2.18. The first kappa shape index (κ1) is 11.5. The second-order valence-corrected chi connectivity index (χ2v) is 3.90. The van der Waals surface area contributed by atoms with Gasteiger partial charge in [0, 0.05) is 13.2 Å². The average Bonchev–Trinajstić information content (AvgIpc) is 2.61. The molecule has 0 aromatic heterocycles. The highest BCUT2D eigenvalue weighted by molar-refractivity contribution is 5.79. The molecule has 3 atom stereocenters. The number of primary amides is 1. The molecular weight excluding hydrogens is 180 g/mol. The molecule has 1 rings (SSSR count). The number of carbonyl (C=O) groups is 1. The van der Waals surface area contributed by atoms with Crippen LogP contribution in [0.1, 0.15) is 32.6 Å². The monoisotopic (exact) mass is 200 g/mol. The molecule has 1 aliphatic carbocycles. The van der Waals surface area contributed by atoms with E-state index in [1.165, 1.54) is 0 Å². The molecular formula is C10H20N2O2. The number of rotatable bonds is 5. The van der Waals surface area contributed by atoms with Crippen molar-refractivity contribution in [2.45, 2.75) is 50.8 Å². The molecule has 0 saturated heterocycles. The lowest BCUT2D eigenvalue weighted by Crippen LogP contribution is -2.45. The van der Waals surface area contributed by atoms with E-state index in [-0.39, 0.29) is 11.9 Å². The molecule has 1 saturated carbocycles. The van der Waals surface area contributed by atoms with Crippen molar-refractivity contribution in [3.8, 4) is 0 Å². The van der Waals surface area contributed by atoms with Crippen molar-refractivity contribution in [1.82, 2.24) is 5.32 Å². The van der Waals surface area contributed by atoms with Crippen LogP contribution < -0.4 is 11.1 Å². The van der Waals surface area contributed by atoms with Gasteiger partial charge in [-0.2, -0.15) is 0 Å². The summed E-state index contributed by atoms with van der Waals surface area (Å²) < 4.78 is 5.26. The Bertz CT molecular complexity index is 197. The van der Waals surface area contributed by atoms with Gasteiger partial charge in [-0.3, -0.25) is 4.79 Å². The van der Waals surface area contributed by atoms with E-state index >= 15 is 0 Å². The molecule has 3 unspecified atom stereocenters. The molecule has 1 amide bonds. The SMILES string of the molecule is CCC(NC1CCC(OC)C1)C(N)=O. The predicted octanol–water partition coefficient (Wildman–Crippen LogP) is 0.407. The van der Waals surface area contributed by atoms with E-state index in [9.17, 15) is 4.79 Å². The predicted molar refractivity (Wildman–Crippen MR) is 54.8 cm³/mol. The minimum atomic E-state index is -0.256. The lowest BCUT2D eigenvalue weighted by atomic mass is 10.1. The van der Waals surface area contributed by atoms with Crippen LogP contribution in [0.15, 0.2) is 0 Å². The number of methoxy groups -OCH3 is 1.